The van der Waals surface area contributed by atoms with E-state index in [2.05, 4.69) is 0 Å². The van der Waals surface area contributed by atoms with E-state index in [1.165, 1.54) is 0 Å². The fourth-order valence-electron chi connectivity index (χ4n) is 2.13. The molecule has 10 heavy (non-hydrogen) atoms. The lowest BCUT2D eigenvalue weighted by Crippen LogP contribution is -2.14. The highest BCUT2D eigenvalue weighted by Crippen LogP contribution is 2.48. The van der Waals surface area contributed by atoms with Crippen molar-refractivity contribution in [3.63, 3.8) is 0 Å². The second-order valence-corrected chi connectivity index (χ2v) is 3.27. The molecule has 0 spiro atoms. The number of fused-ring (bicyclic) bond motifs is 3. The molecule has 1 saturated carbocycles. The van der Waals surface area contributed by atoms with Gasteiger partial charge in [-0.2, -0.15) is 0 Å². The largest absolute Gasteiger partial charge is 0.462 e. The Hall–Kier alpha value is -0.570. The highest BCUT2D eigenvalue weighted by Gasteiger charge is 2.60. The number of hydrogen-bond acceptors (Lipinski definition) is 3. The van der Waals surface area contributed by atoms with Crippen LogP contribution in [0.1, 0.15) is 12.8 Å². The van der Waals surface area contributed by atoms with Crippen molar-refractivity contribution in [1.82, 2.24) is 0 Å². The molecule has 3 rings (SSSR count). The van der Waals surface area contributed by atoms with Crippen molar-refractivity contribution in [3.8, 4) is 0 Å². The lowest BCUT2D eigenvalue weighted by molar-refractivity contribution is -0.141. The Morgan fingerprint density at radius 2 is 2.30 bits per heavy atom. The summed E-state index contributed by atoms with van der Waals surface area (Å²) in [7, 11) is 0. The van der Waals surface area contributed by atoms with Crippen LogP contribution in [0, 0.1) is 5.92 Å². The zero-order chi connectivity index (χ0) is 6.72. The molecule has 4 atom stereocenters. The number of carbonyl (C=O) groups excluding carboxylic acids is 1. The van der Waals surface area contributed by atoms with Crippen molar-refractivity contribution >= 4 is 5.97 Å². The number of ether oxygens (including phenoxy) is 2. The number of esters is 1. The van der Waals surface area contributed by atoms with Crippen LogP contribution in [0.15, 0.2) is 0 Å². The minimum Gasteiger partial charge on any atom is -0.462 e. The lowest BCUT2D eigenvalue weighted by atomic mass is 10.0. The van der Waals surface area contributed by atoms with Gasteiger partial charge in [0.05, 0.1) is 18.6 Å². The molecule has 0 bridgehead atoms. The van der Waals surface area contributed by atoms with Crippen LogP contribution in [0.25, 0.3) is 0 Å². The molecule has 54 valence electrons. The fourth-order valence-corrected chi connectivity index (χ4v) is 2.13. The molecule has 0 aromatic heterocycles. The Kier molecular flexibility index (Phi) is 0.703. The number of carbonyl (C=O) groups is 1. The van der Waals surface area contributed by atoms with Crippen LogP contribution < -0.4 is 0 Å². The summed E-state index contributed by atoms with van der Waals surface area (Å²) in [6.45, 7) is 0. The van der Waals surface area contributed by atoms with Crippen molar-refractivity contribution in [2.45, 2.75) is 31.2 Å². The Bertz CT molecular complexity index is 201. The highest BCUT2D eigenvalue weighted by atomic mass is 16.6. The normalized spacial score (nSPS) is 55.8. The Labute approximate surface area is 58.3 Å². The minimum absolute atomic E-state index is 0.0380. The van der Waals surface area contributed by atoms with E-state index in [1.54, 1.807) is 0 Å². The van der Waals surface area contributed by atoms with E-state index in [9.17, 15) is 4.79 Å². The van der Waals surface area contributed by atoms with E-state index in [0.717, 1.165) is 6.42 Å². The first-order valence-corrected chi connectivity index (χ1v) is 3.69. The van der Waals surface area contributed by atoms with Crippen molar-refractivity contribution in [2.24, 2.45) is 5.92 Å². The number of hydrogen-bond donors (Lipinski definition) is 0. The summed E-state index contributed by atoms with van der Waals surface area (Å²) in [6, 6.07) is 0. The molecule has 3 aliphatic rings. The second kappa shape index (κ2) is 1.37. The molecule has 3 fully saturated rings. The average Bonchev–Trinajstić information content (AvgIpc) is 2.40. The lowest BCUT2D eigenvalue weighted by Gasteiger charge is -2.07. The Balaban J connectivity index is 1.88. The molecule has 0 amide bonds. The summed E-state index contributed by atoms with van der Waals surface area (Å²) in [6.07, 6.45) is 2.54. The van der Waals surface area contributed by atoms with Crippen LogP contribution in [0.3, 0.4) is 0 Å². The molecule has 2 heterocycles. The molecule has 3 nitrogen and oxygen atoms in total. The average molecular weight is 140 g/mol. The standard InChI is InChI=1S/C7H8O3/c8-6-1-3-4(9-6)2-5-7(3)10-5/h3-5,7H,1-2H2/t3?,4?,5-,7+/m1/s1. The van der Waals surface area contributed by atoms with E-state index in [-0.39, 0.29) is 12.1 Å². The zero-order valence-corrected chi connectivity index (χ0v) is 5.45. The van der Waals surface area contributed by atoms with Gasteiger partial charge in [0, 0.05) is 12.3 Å². The first-order chi connectivity index (χ1) is 4.84. The summed E-state index contributed by atoms with van der Waals surface area (Å²) in [5.74, 6) is 0.362. The van der Waals surface area contributed by atoms with Gasteiger partial charge in [0.25, 0.3) is 0 Å². The van der Waals surface area contributed by atoms with Gasteiger partial charge >= 0.3 is 5.97 Å². The van der Waals surface area contributed by atoms with Crippen molar-refractivity contribution in [3.05, 3.63) is 0 Å². The third-order valence-corrected chi connectivity index (χ3v) is 2.67. The van der Waals surface area contributed by atoms with Gasteiger partial charge in [-0.3, -0.25) is 4.79 Å². The summed E-state index contributed by atoms with van der Waals surface area (Å²) in [5, 5.41) is 0. The van der Waals surface area contributed by atoms with Crippen molar-refractivity contribution in [2.75, 3.05) is 0 Å². The van der Waals surface area contributed by atoms with E-state index in [0.29, 0.717) is 24.5 Å². The van der Waals surface area contributed by atoms with Gasteiger partial charge in [-0.05, 0) is 0 Å². The zero-order valence-electron chi connectivity index (χ0n) is 5.45. The van der Waals surface area contributed by atoms with E-state index in [1.807, 2.05) is 0 Å². The van der Waals surface area contributed by atoms with Crippen LogP contribution in [0.4, 0.5) is 0 Å². The summed E-state index contributed by atoms with van der Waals surface area (Å²) in [4.78, 5) is 10.7. The maximum atomic E-state index is 10.7. The monoisotopic (exact) mass is 140 g/mol. The Morgan fingerprint density at radius 1 is 1.40 bits per heavy atom. The van der Waals surface area contributed by atoms with Crippen LogP contribution >= 0.6 is 0 Å². The molecule has 0 N–H and O–H groups in total. The molecule has 2 unspecified atom stereocenters. The second-order valence-electron chi connectivity index (χ2n) is 3.27. The van der Waals surface area contributed by atoms with Crippen LogP contribution in [0.2, 0.25) is 0 Å². The van der Waals surface area contributed by atoms with Crippen molar-refractivity contribution in [1.29, 1.82) is 0 Å². The quantitative estimate of drug-likeness (QED) is 0.353. The van der Waals surface area contributed by atoms with Gasteiger partial charge in [-0.1, -0.05) is 0 Å². The molecule has 3 heteroatoms. The molecule has 0 aromatic carbocycles. The fraction of sp³-hybridized carbons (Fsp3) is 0.857. The number of rotatable bonds is 0. The summed E-state index contributed by atoms with van der Waals surface area (Å²) >= 11 is 0. The maximum absolute atomic E-state index is 10.7. The molecule has 0 radical (unpaired) electrons. The third kappa shape index (κ3) is 0.475. The third-order valence-electron chi connectivity index (χ3n) is 2.67. The smallest absolute Gasteiger partial charge is 0.306 e. The van der Waals surface area contributed by atoms with Crippen LogP contribution in [0.5, 0.6) is 0 Å². The Morgan fingerprint density at radius 3 is 3.10 bits per heavy atom. The molecule has 2 saturated heterocycles. The molecule has 0 aromatic rings. The molecular weight excluding hydrogens is 132 g/mol. The minimum atomic E-state index is -0.0380. The topological polar surface area (TPSA) is 38.8 Å². The highest BCUT2D eigenvalue weighted by molar-refractivity contribution is 5.72. The summed E-state index contributed by atoms with van der Waals surface area (Å²) < 4.78 is 10.3. The van der Waals surface area contributed by atoms with E-state index >= 15 is 0 Å². The first kappa shape index (κ1) is 5.13. The van der Waals surface area contributed by atoms with Crippen molar-refractivity contribution < 1.29 is 14.3 Å². The maximum Gasteiger partial charge on any atom is 0.306 e. The summed E-state index contributed by atoms with van der Waals surface area (Å²) in [5.41, 5.74) is 0. The van der Waals surface area contributed by atoms with Gasteiger partial charge in [-0.15, -0.1) is 0 Å². The van der Waals surface area contributed by atoms with Gasteiger partial charge in [-0.25, -0.2) is 0 Å². The molecular formula is C7H8O3. The van der Waals surface area contributed by atoms with Gasteiger partial charge in [0.15, 0.2) is 0 Å². The molecule has 1 aliphatic carbocycles. The van der Waals surface area contributed by atoms with Gasteiger partial charge in [0.1, 0.15) is 6.10 Å². The van der Waals surface area contributed by atoms with Crippen LogP contribution in [-0.2, 0) is 14.3 Å². The molecule has 2 aliphatic heterocycles. The predicted molar refractivity (Wildman–Crippen MR) is 31.3 cm³/mol. The van der Waals surface area contributed by atoms with E-state index in [4.69, 9.17) is 9.47 Å². The number of epoxide rings is 1. The van der Waals surface area contributed by atoms with E-state index < -0.39 is 0 Å². The SMILES string of the molecule is O=C1CC2C(C[C@H]3O[C@@H]23)O1. The first-order valence-electron chi connectivity index (χ1n) is 3.69. The predicted octanol–water partition coefficient (Wildman–Crippen LogP) is 0.0892. The van der Waals surface area contributed by atoms with Crippen LogP contribution in [-0.4, -0.2) is 24.3 Å². The van der Waals surface area contributed by atoms with Gasteiger partial charge in [0.2, 0.25) is 0 Å². The van der Waals surface area contributed by atoms with Gasteiger partial charge < -0.3 is 9.47 Å².